The van der Waals surface area contributed by atoms with E-state index in [4.69, 9.17) is 5.73 Å². The van der Waals surface area contributed by atoms with Gasteiger partial charge in [0.2, 0.25) is 11.8 Å². The topological polar surface area (TPSA) is 116 Å². The van der Waals surface area contributed by atoms with E-state index in [1.54, 1.807) is 35.3 Å². The van der Waals surface area contributed by atoms with Crippen LogP contribution in [0.5, 0.6) is 0 Å². The van der Waals surface area contributed by atoms with E-state index in [9.17, 15) is 9.59 Å². The number of benzene rings is 1. The molecule has 2 amide bonds. The first-order valence-electron chi connectivity index (χ1n) is 8.47. The third-order valence-corrected chi connectivity index (χ3v) is 4.79. The molecular weight excluding hydrogens is 320 g/mol. The summed E-state index contributed by atoms with van der Waals surface area (Å²) >= 11 is 0. The van der Waals surface area contributed by atoms with Crippen LogP contribution in [-0.4, -0.2) is 32.0 Å². The van der Waals surface area contributed by atoms with Gasteiger partial charge in [-0.05, 0) is 52.9 Å². The molecule has 0 unspecified atom stereocenters. The van der Waals surface area contributed by atoms with Gasteiger partial charge in [-0.1, -0.05) is 19.3 Å². The number of carbonyl (C=O) groups excluding carboxylic acids is 2. The van der Waals surface area contributed by atoms with Gasteiger partial charge in [-0.25, -0.2) is 4.68 Å². The highest BCUT2D eigenvalue weighted by Gasteiger charge is 2.35. The van der Waals surface area contributed by atoms with Crippen molar-refractivity contribution >= 4 is 17.5 Å². The van der Waals surface area contributed by atoms with E-state index < -0.39 is 5.91 Å². The van der Waals surface area contributed by atoms with E-state index in [1.165, 1.54) is 6.42 Å². The first-order valence-corrected chi connectivity index (χ1v) is 8.47. The van der Waals surface area contributed by atoms with Crippen LogP contribution in [0.1, 0.15) is 48.9 Å². The molecule has 0 radical (unpaired) electrons. The Hall–Kier alpha value is -2.77. The minimum absolute atomic E-state index is 0.0400. The number of primary amides is 1. The first-order chi connectivity index (χ1) is 12.1. The lowest BCUT2D eigenvalue weighted by atomic mass is 9.71. The SMILES string of the molecule is NC(=O)c1ccc(NC(=O)CC2(Cn3cnnn3)CCCCC2)cc1. The molecule has 25 heavy (non-hydrogen) atoms. The van der Waals surface area contributed by atoms with Crippen molar-refractivity contribution in [2.75, 3.05) is 5.32 Å². The van der Waals surface area contributed by atoms with Crippen LogP contribution >= 0.6 is 0 Å². The summed E-state index contributed by atoms with van der Waals surface area (Å²) in [6.45, 7) is 0.647. The van der Waals surface area contributed by atoms with Gasteiger partial charge >= 0.3 is 0 Å². The van der Waals surface area contributed by atoms with Crippen LogP contribution in [0.15, 0.2) is 30.6 Å². The summed E-state index contributed by atoms with van der Waals surface area (Å²) in [5, 5.41) is 14.2. The zero-order valence-electron chi connectivity index (χ0n) is 14.0. The fourth-order valence-electron chi connectivity index (χ4n) is 3.55. The molecule has 1 aliphatic carbocycles. The zero-order valence-corrected chi connectivity index (χ0v) is 14.0. The van der Waals surface area contributed by atoms with E-state index in [0.717, 1.165) is 25.7 Å². The summed E-state index contributed by atoms with van der Waals surface area (Å²) in [6, 6.07) is 6.59. The number of nitrogens with zero attached hydrogens (tertiary/aromatic N) is 4. The minimum Gasteiger partial charge on any atom is -0.366 e. The lowest BCUT2D eigenvalue weighted by Crippen LogP contribution is -2.34. The van der Waals surface area contributed by atoms with Crippen molar-refractivity contribution in [1.29, 1.82) is 0 Å². The molecule has 1 heterocycles. The standard InChI is InChI=1S/C17H22N6O2/c18-16(25)13-4-6-14(7-5-13)20-15(24)10-17(8-2-1-3-9-17)11-23-12-19-21-22-23/h4-7,12H,1-3,8-11H2,(H2,18,25)(H,20,24). The normalized spacial score (nSPS) is 16.3. The van der Waals surface area contributed by atoms with Gasteiger partial charge in [0.25, 0.3) is 0 Å². The second-order valence-corrected chi connectivity index (χ2v) is 6.73. The molecule has 1 fully saturated rings. The number of tetrazole rings is 1. The van der Waals surface area contributed by atoms with Gasteiger partial charge in [0.05, 0.1) is 6.54 Å². The maximum atomic E-state index is 12.6. The highest BCUT2D eigenvalue weighted by molar-refractivity contribution is 5.94. The smallest absolute Gasteiger partial charge is 0.248 e. The molecule has 1 saturated carbocycles. The van der Waals surface area contributed by atoms with Crippen molar-refractivity contribution in [3.05, 3.63) is 36.2 Å². The van der Waals surface area contributed by atoms with Crippen LogP contribution < -0.4 is 11.1 Å². The lowest BCUT2D eigenvalue weighted by Gasteiger charge is -2.36. The fraction of sp³-hybridized carbons (Fsp3) is 0.471. The molecule has 0 aliphatic heterocycles. The average Bonchev–Trinajstić information content (AvgIpc) is 3.08. The maximum absolute atomic E-state index is 12.6. The predicted molar refractivity (Wildman–Crippen MR) is 91.5 cm³/mol. The van der Waals surface area contributed by atoms with Gasteiger partial charge < -0.3 is 11.1 Å². The number of nitrogens with two attached hydrogens (primary N) is 1. The van der Waals surface area contributed by atoms with Crippen LogP contribution in [0.25, 0.3) is 0 Å². The van der Waals surface area contributed by atoms with Crippen molar-refractivity contribution < 1.29 is 9.59 Å². The Bertz CT molecular complexity index is 720. The summed E-state index contributed by atoms with van der Waals surface area (Å²) < 4.78 is 1.71. The summed E-state index contributed by atoms with van der Waals surface area (Å²) in [5.74, 6) is -0.526. The number of anilines is 1. The van der Waals surface area contributed by atoms with Gasteiger partial charge in [-0.3, -0.25) is 9.59 Å². The number of hydrogen-bond acceptors (Lipinski definition) is 5. The van der Waals surface area contributed by atoms with Crippen molar-refractivity contribution in [1.82, 2.24) is 20.2 Å². The summed E-state index contributed by atoms with van der Waals surface area (Å²) in [5.41, 5.74) is 6.18. The number of hydrogen-bond donors (Lipinski definition) is 2. The molecule has 132 valence electrons. The number of amides is 2. The Kier molecular flexibility index (Phi) is 5.06. The van der Waals surface area contributed by atoms with Crippen molar-refractivity contribution in [2.45, 2.75) is 45.1 Å². The molecule has 3 rings (SSSR count). The largest absolute Gasteiger partial charge is 0.366 e. The lowest BCUT2D eigenvalue weighted by molar-refractivity contribution is -0.119. The van der Waals surface area contributed by atoms with Crippen molar-refractivity contribution in [2.24, 2.45) is 11.1 Å². The highest BCUT2D eigenvalue weighted by Crippen LogP contribution is 2.40. The zero-order chi connectivity index (χ0) is 17.7. The molecule has 8 nitrogen and oxygen atoms in total. The highest BCUT2D eigenvalue weighted by atomic mass is 16.2. The number of aromatic nitrogens is 4. The molecule has 0 atom stereocenters. The van der Waals surface area contributed by atoms with E-state index in [-0.39, 0.29) is 11.3 Å². The van der Waals surface area contributed by atoms with Crippen LogP contribution in [0.4, 0.5) is 5.69 Å². The minimum atomic E-state index is -0.486. The summed E-state index contributed by atoms with van der Waals surface area (Å²) in [7, 11) is 0. The Balaban J connectivity index is 1.66. The summed E-state index contributed by atoms with van der Waals surface area (Å²) in [4.78, 5) is 23.7. The fourth-order valence-corrected chi connectivity index (χ4v) is 3.55. The predicted octanol–water partition coefficient (Wildman–Crippen LogP) is 1.75. The second kappa shape index (κ2) is 7.42. The van der Waals surface area contributed by atoms with Crippen molar-refractivity contribution in [3.8, 4) is 0 Å². The molecular formula is C17H22N6O2. The van der Waals surface area contributed by atoms with Crippen LogP contribution in [0.2, 0.25) is 0 Å². The Morgan fingerprint density at radius 1 is 1.16 bits per heavy atom. The third kappa shape index (κ3) is 4.40. The average molecular weight is 342 g/mol. The molecule has 8 heteroatoms. The Morgan fingerprint density at radius 2 is 1.88 bits per heavy atom. The number of rotatable bonds is 6. The van der Waals surface area contributed by atoms with E-state index in [1.807, 2.05) is 0 Å². The third-order valence-electron chi connectivity index (χ3n) is 4.79. The van der Waals surface area contributed by atoms with Gasteiger partial charge in [0.15, 0.2) is 0 Å². The van der Waals surface area contributed by atoms with E-state index in [2.05, 4.69) is 20.8 Å². The Labute approximate surface area is 145 Å². The molecule has 0 bridgehead atoms. The first kappa shape index (κ1) is 17.1. The quantitative estimate of drug-likeness (QED) is 0.829. The van der Waals surface area contributed by atoms with Crippen LogP contribution in [0.3, 0.4) is 0 Å². The van der Waals surface area contributed by atoms with Gasteiger partial charge in [0.1, 0.15) is 6.33 Å². The molecule has 1 aromatic heterocycles. The van der Waals surface area contributed by atoms with Crippen LogP contribution in [0, 0.1) is 5.41 Å². The molecule has 2 aromatic rings. The monoisotopic (exact) mass is 342 g/mol. The van der Waals surface area contributed by atoms with Crippen molar-refractivity contribution in [3.63, 3.8) is 0 Å². The maximum Gasteiger partial charge on any atom is 0.248 e. The van der Waals surface area contributed by atoms with Gasteiger partial charge in [-0.15, -0.1) is 5.10 Å². The Morgan fingerprint density at radius 3 is 2.48 bits per heavy atom. The van der Waals surface area contributed by atoms with E-state index in [0.29, 0.717) is 24.2 Å². The van der Waals surface area contributed by atoms with Gasteiger partial charge in [0, 0.05) is 17.7 Å². The van der Waals surface area contributed by atoms with E-state index >= 15 is 0 Å². The number of carbonyl (C=O) groups is 2. The molecule has 1 aromatic carbocycles. The molecule has 3 N–H and O–H groups in total. The second-order valence-electron chi connectivity index (χ2n) is 6.73. The summed E-state index contributed by atoms with van der Waals surface area (Å²) in [6.07, 6.45) is 7.42. The molecule has 0 spiro atoms. The van der Waals surface area contributed by atoms with Crippen LogP contribution in [-0.2, 0) is 11.3 Å². The molecule has 1 aliphatic rings. The number of nitrogens with one attached hydrogen (secondary N) is 1. The molecule has 0 saturated heterocycles. The van der Waals surface area contributed by atoms with Gasteiger partial charge in [-0.2, -0.15) is 0 Å².